The van der Waals surface area contributed by atoms with E-state index in [0.29, 0.717) is 44.3 Å². The maximum Gasteiger partial charge on any atom is 0.338 e. The van der Waals surface area contributed by atoms with Crippen LogP contribution in [-0.2, 0) is 9.53 Å². The van der Waals surface area contributed by atoms with Crippen LogP contribution in [-0.4, -0.2) is 37.0 Å². The lowest BCUT2D eigenvalue weighted by Crippen LogP contribution is -2.40. The maximum absolute atomic E-state index is 14.0. The molecule has 0 saturated heterocycles. The molecule has 0 amide bonds. The normalized spacial score (nSPS) is 15.1. The predicted molar refractivity (Wildman–Crippen MR) is 172 cm³/mol. The minimum Gasteiger partial charge on any atom is -0.493 e. The second kappa shape index (κ2) is 13.1. The first kappa shape index (κ1) is 30.6. The molecular formula is C29H30I2N2O6S. The minimum atomic E-state index is -0.762. The highest BCUT2D eigenvalue weighted by atomic mass is 127. The molecule has 40 heavy (non-hydrogen) atoms. The van der Waals surface area contributed by atoms with Crippen molar-refractivity contribution in [3.63, 3.8) is 0 Å². The van der Waals surface area contributed by atoms with E-state index < -0.39 is 12.0 Å². The summed E-state index contributed by atoms with van der Waals surface area (Å²) in [7, 11) is 1.56. The number of nitrogens with zero attached hydrogens (tertiary/aromatic N) is 2. The van der Waals surface area contributed by atoms with Gasteiger partial charge < -0.3 is 18.9 Å². The Morgan fingerprint density at radius 1 is 1.15 bits per heavy atom. The fourth-order valence-electron chi connectivity index (χ4n) is 4.44. The van der Waals surface area contributed by atoms with Crippen LogP contribution in [0.15, 0.2) is 51.4 Å². The van der Waals surface area contributed by atoms with Crippen molar-refractivity contribution in [3.05, 3.63) is 79.6 Å². The van der Waals surface area contributed by atoms with Crippen LogP contribution in [0.3, 0.4) is 0 Å². The van der Waals surface area contributed by atoms with Crippen molar-refractivity contribution < 1.29 is 23.7 Å². The lowest BCUT2D eigenvalue weighted by atomic mass is 9.95. The standard InChI is InChI=1S/C29H30I2N2O6S/c1-7-37-26-18(11-19(30)14-20(26)31)13-23-27(34)33-25(17-9-10-21(39-15(3)4)22(12-17)36-6)24(28(35)38-8-2)16(5)32-29(33)40-23/h9-15,25H,7-8H2,1-6H3/b23-13+/t25-/m1/s1. The third-order valence-corrected chi connectivity index (χ3v) is 8.40. The summed E-state index contributed by atoms with van der Waals surface area (Å²) in [6.45, 7) is 10.00. The zero-order valence-electron chi connectivity index (χ0n) is 23.0. The number of esters is 1. The number of hydrogen-bond donors (Lipinski definition) is 0. The molecule has 0 radical (unpaired) electrons. The van der Waals surface area contributed by atoms with Gasteiger partial charge >= 0.3 is 5.97 Å². The van der Waals surface area contributed by atoms with Crippen LogP contribution in [0, 0.1) is 7.14 Å². The van der Waals surface area contributed by atoms with Crippen LogP contribution in [0.25, 0.3) is 6.08 Å². The first-order valence-electron chi connectivity index (χ1n) is 12.8. The van der Waals surface area contributed by atoms with E-state index in [4.69, 9.17) is 18.9 Å². The van der Waals surface area contributed by atoms with E-state index in [2.05, 4.69) is 50.2 Å². The number of methoxy groups -OCH3 is 1. The summed E-state index contributed by atoms with van der Waals surface area (Å²) in [4.78, 5) is 32.4. The van der Waals surface area contributed by atoms with Gasteiger partial charge in [0.15, 0.2) is 16.3 Å². The van der Waals surface area contributed by atoms with Gasteiger partial charge in [-0.3, -0.25) is 9.36 Å². The average Bonchev–Trinajstić information content (AvgIpc) is 3.19. The Hall–Kier alpha value is -2.39. The van der Waals surface area contributed by atoms with Gasteiger partial charge in [0.1, 0.15) is 5.75 Å². The van der Waals surface area contributed by atoms with Crippen molar-refractivity contribution in [1.82, 2.24) is 4.57 Å². The lowest BCUT2D eigenvalue weighted by molar-refractivity contribution is -0.139. The molecule has 0 N–H and O–H groups in total. The van der Waals surface area contributed by atoms with E-state index in [-0.39, 0.29) is 18.3 Å². The van der Waals surface area contributed by atoms with E-state index in [1.165, 1.54) is 11.3 Å². The number of ether oxygens (including phenoxy) is 4. The van der Waals surface area contributed by atoms with Crippen molar-refractivity contribution in [2.45, 2.75) is 46.8 Å². The van der Waals surface area contributed by atoms with Crippen molar-refractivity contribution in [2.24, 2.45) is 4.99 Å². The molecule has 3 aromatic rings. The molecule has 0 saturated carbocycles. The van der Waals surface area contributed by atoms with Crippen LogP contribution >= 0.6 is 56.5 Å². The lowest BCUT2D eigenvalue weighted by Gasteiger charge is -2.25. The van der Waals surface area contributed by atoms with Crippen molar-refractivity contribution in [2.75, 3.05) is 20.3 Å². The van der Waals surface area contributed by atoms with Gasteiger partial charge in [-0.2, -0.15) is 0 Å². The van der Waals surface area contributed by atoms with Crippen molar-refractivity contribution in [1.29, 1.82) is 0 Å². The summed E-state index contributed by atoms with van der Waals surface area (Å²) in [5, 5.41) is 0. The summed E-state index contributed by atoms with van der Waals surface area (Å²) >= 11 is 5.77. The number of rotatable bonds is 9. The Kier molecular flexibility index (Phi) is 9.98. The largest absolute Gasteiger partial charge is 0.493 e. The third-order valence-electron chi connectivity index (χ3n) is 6.00. The molecule has 0 aliphatic carbocycles. The van der Waals surface area contributed by atoms with Crippen molar-refractivity contribution in [3.8, 4) is 17.2 Å². The smallest absolute Gasteiger partial charge is 0.338 e. The van der Waals surface area contributed by atoms with Gasteiger partial charge in [-0.25, -0.2) is 9.79 Å². The van der Waals surface area contributed by atoms with Gasteiger partial charge in [0.05, 0.1) is 51.8 Å². The fraction of sp³-hybridized carbons (Fsp3) is 0.345. The molecule has 2 heterocycles. The quantitative estimate of drug-likeness (QED) is 0.219. The van der Waals surface area contributed by atoms with E-state index in [1.54, 1.807) is 37.7 Å². The zero-order chi connectivity index (χ0) is 29.1. The minimum absolute atomic E-state index is 0.0552. The topological polar surface area (TPSA) is 88.4 Å². The summed E-state index contributed by atoms with van der Waals surface area (Å²) < 4.78 is 26.9. The number of carbonyl (C=O) groups excluding carboxylic acids is 1. The van der Waals surface area contributed by atoms with Crippen LogP contribution in [0.5, 0.6) is 17.2 Å². The monoisotopic (exact) mass is 788 g/mol. The van der Waals surface area contributed by atoms with Crippen molar-refractivity contribution >= 4 is 68.6 Å². The third kappa shape index (κ3) is 6.25. The summed E-state index contributed by atoms with van der Waals surface area (Å²) in [6.07, 6.45) is 1.78. The first-order valence-corrected chi connectivity index (χ1v) is 15.7. The molecule has 1 aromatic heterocycles. The van der Waals surface area contributed by atoms with Gasteiger partial charge in [0, 0.05) is 9.13 Å². The molecule has 0 bridgehead atoms. The van der Waals surface area contributed by atoms with E-state index >= 15 is 0 Å². The Balaban J connectivity index is 1.97. The first-order chi connectivity index (χ1) is 19.1. The zero-order valence-corrected chi connectivity index (χ0v) is 28.2. The SMILES string of the molecule is CCOC(=O)C1=C(C)N=c2s/c(=C/c3cc(I)cc(I)c3OCC)c(=O)n2[C@@H]1c1ccc(OC(C)C)c(OC)c1. The van der Waals surface area contributed by atoms with Crippen LogP contribution < -0.4 is 29.1 Å². The fourth-order valence-corrected chi connectivity index (χ4v) is 7.52. The number of allylic oxidation sites excluding steroid dienone is 1. The summed E-state index contributed by atoms with van der Waals surface area (Å²) in [5.74, 6) is 1.28. The van der Waals surface area contributed by atoms with Crippen LogP contribution in [0.2, 0.25) is 0 Å². The number of fused-ring (bicyclic) bond motifs is 1. The average molecular weight is 788 g/mol. The molecule has 0 unspecified atom stereocenters. The number of carbonyl (C=O) groups is 1. The van der Waals surface area contributed by atoms with Gasteiger partial charge in [-0.15, -0.1) is 0 Å². The van der Waals surface area contributed by atoms with E-state index in [0.717, 1.165) is 18.5 Å². The molecule has 11 heteroatoms. The number of thiazole rings is 1. The second-order valence-corrected chi connectivity index (χ2v) is 12.5. The molecule has 4 rings (SSSR count). The van der Waals surface area contributed by atoms with Crippen LogP contribution in [0.4, 0.5) is 0 Å². The van der Waals surface area contributed by atoms with Gasteiger partial charge in [0.25, 0.3) is 5.56 Å². The number of benzene rings is 2. The molecule has 1 aliphatic rings. The van der Waals surface area contributed by atoms with E-state index in [9.17, 15) is 9.59 Å². The van der Waals surface area contributed by atoms with Gasteiger partial charge in [-0.1, -0.05) is 17.4 Å². The predicted octanol–water partition coefficient (Wildman–Crippen LogP) is 5.20. The number of aromatic nitrogens is 1. The molecule has 1 aliphatic heterocycles. The highest BCUT2D eigenvalue weighted by Gasteiger charge is 2.34. The highest BCUT2D eigenvalue weighted by molar-refractivity contribution is 14.1. The molecule has 0 spiro atoms. The molecule has 8 nitrogen and oxygen atoms in total. The Bertz CT molecular complexity index is 1660. The van der Waals surface area contributed by atoms with Crippen LogP contribution in [0.1, 0.15) is 51.8 Å². The molecule has 0 fully saturated rings. The maximum atomic E-state index is 14.0. The molecule has 1 atom stereocenters. The Morgan fingerprint density at radius 3 is 2.55 bits per heavy atom. The molecule has 212 valence electrons. The summed E-state index contributed by atoms with van der Waals surface area (Å²) in [6, 6.07) is 8.69. The second-order valence-electron chi connectivity index (χ2n) is 9.12. The Labute approximate surface area is 264 Å². The molecular weight excluding hydrogens is 758 g/mol. The molecule has 2 aromatic carbocycles. The number of halogens is 2. The number of hydrogen-bond acceptors (Lipinski definition) is 8. The highest BCUT2D eigenvalue weighted by Crippen LogP contribution is 2.36. The summed E-state index contributed by atoms with van der Waals surface area (Å²) in [5.41, 5.74) is 2.02. The Morgan fingerprint density at radius 2 is 1.90 bits per heavy atom. The van der Waals surface area contributed by atoms with Gasteiger partial charge in [0.2, 0.25) is 0 Å². The van der Waals surface area contributed by atoms with Gasteiger partial charge in [-0.05, 0) is 116 Å². The van der Waals surface area contributed by atoms with E-state index in [1.807, 2.05) is 45.0 Å².